The molecular formula is C17H19FN4O2. The van der Waals surface area contributed by atoms with E-state index in [1.54, 1.807) is 0 Å². The van der Waals surface area contributed by atoms with Crippen LogP contribution >= 0.6 is 0 Å². The fourth-order valence-electron chi connectivity index (χ4n) is 1.83. The number of benzene rings is 2. The lowest BCUT2D eigenvalue weighted by atomic mass is 10.1. The van der Waals surface area contributed by atoms with E-state index in [0.29, 0.717) is 12.2 Å². The van der Waals surface area contributed by atoms with Gasteiger partial charge in [0.25, 0.3) is 5.91 Å². The van der Waals surface area contributed by atoms with Gasteiger partial charge in [0, 0.05) is 6.54 Å². The van der Waals surface area contributed by atoms with Gasteiger partial charge < -0.3 is 10.6 Å². The van der Waals surface area contributed by atoms with Gasteiger partial charge in [0.15, 0.2) is 0 Å². The van der Waals surface area contributed by atoms with Crippen molar-refractivity contribution in [2.45, 2.75) is 13.5 Å². The van der Waals surface area contributed by atoms with Crippen molar-refractivity contribution in [3.8, 4) is 0 Å². The number of hydrogen-bond acceptors (Lipinski definition) is 3. The first-order valence-electron chi connectivity index (χ1n) is 7.40. The number of halogens is 1. The average Bonchev–Trinajstić information content (AvgIpc) is 2.59. The third kappa shape index (κ3) is 5.96. The van der Waals surface area contributed by atoms with E-state index < -0.39 is 11.9 Å². The first-order valence-corrected chi connectivity index (χ1v) is 7.40. The van der Waals surface area contributed by atoms with E-state index in [1.165, 1.54) is 24.3 Å². The molecule has 126 valence electrons. The predicted molar refractivity (Wildman–Crippen MR) is 89.6 cm³/mol. The van der Waals surface area contributed by atoms with Crippen molar-refractivity contribution in [2.24, 2.45) is 0 Å². The Morgan fingerprint density at radius 1 is 0.958 bits per heavy atom. The first kappa shape index (κ1) is 17.3. The van der Waals surface area contributed by atoms with Gasteiger partial charge in [0.1, 0.15) is 12.4 Å². The van der Waals surface area contributed by atoms with Crippen LogP contribution < -0.4 is 21.5 Å². The molecule has 2 aromatic carbocycles. The Kier molecular flexibility index (Phi) is 6.13. The topological polar surface area (TPSA) is 82.3 Å². The quantitative estimate of drug-likeness (QED) is 0.612. The van der Waals surface area contributed by atoms with Crippen molar-refractivity contribution >= 4 is 17.6 Å². The molecule has 0 radical (unpaired) electrons. The highest BCUT2D eigenvalue weighted by molar-refractivity contribution is 5.84. The second-order valence-electron chi connectivity index (χ2n) is 5.20. The summed E-state index contributed by atoms with van der Waals surface area (Å²) in [5.41, 5.74) is 7.67. The molecule has 0 aliphatic rings. The summed E-state index contributed by atoms with van der Waals surface area (Å²) in [6.07, 6.45) is 0. The van der Waals surface area contributed by atoms with Crippen LogP contribution in [0.5, 0.6) is 0 Å². The molecule has 7 heteroatoms. The van der Waals surface area contributed by atoms with Gasteiger partial charge in [0.2, 0.25) is 0 Å². The molecule has 2 aromatic rings. The number of rotatable bonds is 6. The van der Waals surface area contributed by atoms with Gasteiger partial charge in [-0.05, 0) is 36.8 Å². The predicted octanol–water partition coefficient (Wildman–Crippen LogP) is 2.08. The molecule has 0 aliphatic heterocycles. The van der Waals surface area contributed by atoms with Crippen LogP contribution in [-0.2, 0) is 11.3 Å². The maximum absolute atomic E-state index is 12.7. The molecular weight excluding hydrogens is 311 g/mol. The Labute approximate surface area is 139 Å². The second-order valence-corrected chi connectivity index (χ2v) is 5.20. The zero-order valence-corrected chi connectivity index (χ0v) is 13.2. The van der Waals surface area contributed by atoms with Crippen LogP contribution in [-0.4, -0.2) is 18.5 Å². The molecule has 0 spiro atoms. The Hall–Kier alpha value is -3.09. The highest BCUT2D eigenvalue weighted by Crippen LogP contribution is 2.06. The van der Waals surface area contributed by atoms with Crippen molar-refractivity contribution in [3.63, 3.8) is 0 Å². The number of amides is 3. The molecule has 24 heavy (non-hydrogen) atoms. The molecule has 0 fully saturated rings. The summed E-state index contributed by atoms with van der Waals surface area (Å²) in [6.45, 7) is 2.18. The Morgan fingerprint density at radius 2 is 1.62 bits per heavy atom. The minimum absolute atomic E-state index is 0.187. The molecule has 2 rings (SSSR count). The van der Waals surface area contributed by atoms with E-state index >= 15 is 0 Å². The number of carbonyl (C=O) groups excluding carboxylic acids is 2. The Bertz CT molecular complexity index is 625. The maximum Gasteiger partial charge on any atom is 0.315 e. The van der Waals surface area contributed by atoms with Crippen LogP contribution in [0.25, 0.3) is 0 Å². The molecule has 0 saturated carbocycles. The van der Waals surface area contributed by atoms with E-state index in [-0.39, 0.29) is 12.4 Å². The number of anilines is 1. The number of urea groups is 1. The zero-order chi connectivity index (χ0) is 17.4. The number of aryl methyl sites for hydroxylation is 1. The van der Waals surface area contributed by atoms with Crippen molar-refractivity contribution < 1.29 is 14.0 Å². The van der Waals surface area contributed by atoms with Gasteiger partial charge in [-0.15, -0.1) is 0 Å². The molecule has 0 atom stereocenters. The molecule has 4 N–H and O–H groups in total. The molecule has 6 nitrogen and oxygen atoms in total. The highest BCUT2D eigenvalue weighted by Gasteiger charge is 2.05. The molecule has 0 aliphatic carbocycles. The van der Waals surface area contributed by atoms with E-state index in [1.807, 2.05) is 31.2 Å². The normalized spacial score (nSPS) is 9.92. The third-order valence-electron chi connectivity index (χ3n) is 3.17. The van der Waals surface area contributed by atoms with Crippen LogP contribution in [0.2, 0.25) is 0 Å². The largest absolute Gasteiger partial charge is 0.334 e. The molecule has 3 amide bonds. The Balaban J connectivity index is 1.64. The summed E-state index contributed by atoms with van der Waals surface area (Å²) in [7, 11) is 0. The van der Waals surface area contributed by atoms with Crippen molar-refractivity contribution in [2.75, 3.05) is 12.0 Å². The standard InChI is InChI=1S/C17H19FN4O2/c1-12-2-4-13(5-3-12)10-19-17(24)20-11-16(23)22-21-15-8-6-14(18)7-9-15/h2-9,21H,10-11H2,1H3,(H,22,23)(H2,19,20,24). The number of nitrogens with one attached hydrogen (secondary N) is 4. The Morgan fingerprint density at radius 3 is 2.29 bits per heavy atom. The SMILES string of the molecule is Cc1ccc(CNC(=O)NCC(=O)NNc2ccc(F)cc2)cc1. The minimum Gasteiger partial charge on any atom is -0.334 e. The number of carbonyl (C=O) groups is 2. The summed E-state index contributed by atoms with van der Waals surface area (Å²) in [5.74, 6) is -0.788. The first-order chi connectivity index (χ1) is 11.5. The lowest BCUT2D eigenvalue weighted by Gasteiger charge is -2.10. The molecule has 0 aromatic heterocycles. The lowest BCUT2D eigenvalue weighted by Crippen LogP contribution is -2.43. The van der Waals surface area contributed by atoms with Gasteiger partial charge >= 0.3 is 6.03 Å². The van der Waals surface area contributed by atoms with Gasteiger partial charge in [0.05, 0.1) is 5.69 Å². The lowest BCUT2D eigenvalue weighted by molar-refractivity contribution is -0.119. The summed E-state index contributed by atoms with van der Waals surface area (Å²) in [4.78, 5) is 23.2. The summed E-state index contributed by atoms with van der Waals surface area (Å²) >= 11 is 0. The number of hydrazine groups is 1. The van der Waals surface area contributed by atoms with Gasteiger partial charge in [-0.1, -0.05) is 29.8 Å². The van der Waals surface area contributed by atoms with E-state index in [0.717, 1.165) is 11.1 Å². The van der Waals surface area contributed by atoms with E-state index in [9.17, 15) is 14.0 Å². The monoisotopic (exact) mass is 330 g/mol. The fourth-order valence-corrected chi connectivity index (χ4v) is 1.83. The second kappa shape index (κ2) is 8.52. The van der Waals surface area contributed by atoms with Crippen LogP contribution in [0, 0.1) is 12.7 Å². The third-order valence-corrected chi connectivity index (χ3v) is 3.17. The average molecular weight is 330 g/mol. The highest BCUT2D eigenvalue weighted by atomic mass is 19.1. The van der Waals surface area contributed by atoms with Crippen LogP contribution in [0.1, 0.15) is 11.1 Å². The van der Waals surface area contributed by atoms with Crippen molar-refractivity contribution in [1.29, 1.82) is 0 Å². The van der Waals surface area contributed by atoms with E-state index in [4.69, 9.17) is 0 Å². The molecule has 0 saturated heterocycles. The van der Waals surface area contributed by atoms with Crippen LogP contribution in [0.4, 0.5) is 14.9 Å². The minimum atomic E-state index is -0.437. The molecule has 0 unspecified atom stereocenters. The van der Waals surface area contributed by atoms with Gasteiger partial charge in [-0.2, -0.15) is 0 Å². The van der Waals surface area contributed by atoms with Gasteiger partial charge in [-0.3, -0.25) is 15.6 Å². The van der Waals surface area contributed by atoms with E-state index in [2.05, 4.69) is 21.5 Å². The maximum atomic E-state index is 12.7. The van der Waals surface area contributed by atoms with Gasteiger partial charge in [-0.25, -0.2) is 9.18 Å². The molecule has 0 heterocycles. The van der Waals surface area contributed by atoms with Crippen LogP contribution in [0.15, 0.2) is 48.5 Å². The van der Waals surface area contributed by atoms with Crippen LogP contribution in [0.3, 0.4) is 0 Å². The summed E-state index contributed by atoms with van der Waals surface area (Å²) in [5, 5.41) is 5.11. The van der Waals surface area contributed by atoms with Crippen molar-refractivity contribution in [3.05, 3.63) is 65.5 Å². The fraction of sp³-hybridized carbons (Fsp3) is 0.176. The smallest absolute Gasteiger partial charge is 0.315 e. The summed E-state index contributed by atoms with van der Waals surface area (Å²) in [6, 6.07) is 12.8. The zero-order valence-electron chi connectivity index (χ0n) is 13.2. The molecule has 0 bridgehead atoms. The number of hydrogen-bond donors (Lipinski definition) is 4. The van der Waals surface area contributed by atoms with Crippen molar-refractivity contribution in [1.82, 2.24) is 16.1 Å². The summed E-state index contributed by atoms with van der Waals surface area (Å²) < 4.78 is 12.7.